The Balaban J connectivity index is 1.39. The number of benzene rings is 1. The zero-order valence-electron chi connectivity index (χ0n) is 17.4. The molecule has 0 bridgehead atoms. The van der Waals surface area contributed by atoms with E-state index in [0.717, 1.165) is 37.6 Å². The molecule has 10 heteroatoms. The SMILES string of the molecule is CCC(Oc1nc2nc(-c3ccc(N4CCOCC4)cc3)c(Cl)cc2[nH]1)c1cc(O)no1. The van der Waals surface area contributed by atoms with Crippen molar-refractivity contribution in [2.24, 2.45) is 0 Å². The monoisotopic (exact) mass is 455 g/mol. The summed E-state index contributed by atoms with van der Waals surface area (Å²) in [7, 11) is 0. The number of imidazole rings is 1. The molecule has 0 amide bonds. The van der Waals surface area contributed by atoms with Crippen LogP contribution in [0.5, 0.6) is 11.9 Å². The van der Waals surface area contributed by atoms with E-state index in [1.165, 1.54) is 6.07 Å². The number of ether oxygens (including phenoxy) is 2. The predicted molar refractivity (Wildman–Crippen MR) is 119 cm³/mol. The first-order valence-corrected chi connectivity index (χ1v) is 10.8. The Hall–Kier alpha value is -3.30. The van der Waals surface area contributed by atoms with Crippen LogP contribution in [-0.4, -0.2) is 51.5 Å². The number of hydrogen-bond donors (Lipinski definition) is 2. The van der Waals surface area contributed by atoms with Crippen LogP contribution in [-0.2, 0) is 4.74 Å². The van der Waals surface area contributed by atoms with Gasteiger partial charge in [0.2, 0.25) is 0 Å². The summed E-state index contributed by atoms with van der Waals surface area (Å²) in [6, 6.07) is 11.7. The number of morpholine rings is 1. The lowest BCUT2D eigenvalue weighted by Gasteiger charge is -2.28. The third-order valence-corrected chi connectivity index (χ3v) is 5.67. The fraction of sp³-hybridized carbons (Fsp3) is 0.318. The van der Waals surface area contributed by atoms with Gasteiger partial charge in [0, 0.05) is 30.4 Å². The molecule has 1 saturated heterocycles. The van der Waals surface area contributed by atoms with Gasteiger partial charge in [-0.2, -0.15) is 4.98 Å². The topological polar surface area (TPSA) is 110 Å². The van der Waals surface area contributed by atoms with Crippen LogP contribution in [0.2, 0.25) is 5.02 Å². The average Bonchev–Trinajstić information content (AvgIpc) is 3.42. The number of nitrogens with zero attached hydrogens (tertiary/aromatic N) is 4. The lowest BCUT2D eigenvalue weighted by molar-refractivity contribution is 0.122. The highest BCUT2D eigenvalue weighted by atomic mass is 35.5. The molecule has 166 valence electrons. The maximum atomic E-state index is 9.42. The van der Waals surface area contributed by atoms with Crippen LogP contribution in [0.15, 0.2) is 40.9 Å². The molecule has 0 saturated carbocycles. The normalized spacial score (nSPS) is 15.2. The largest absolute Gasteiger partial charge is 0.491 e. The number of halogens is 1. The predicted octanol–water partition coefficient (Wildman–Crippen LogP) is 4.34. The smallest absolute Gasteiger partial charge is 0.296 e. The number of H-pyrrole nitrogens is 1. The molecule has 1 aliphatic rings. The molecule has 4 heterocycles. The van der Waals surface area contributed by atoms with E-state index in [9.17, 15) is 5.11 Å². The molecule has 5 rings (SSSR count). The van der Waals surface area contributed by atoms with Crippen molar-refractivity contribution in [3.05, 3.63) is 47.2 Å². The van der Waals surface area contributed by atoms with E-state index in [-0.39, 0.29) is 11.9 Å². The van der Waals surface area contributed by atoms with Gasteiger partial charge in [0.1, 0.15) is 0 Å². The molecule has 2 N–H and O–H groups in total. The molecule has 3 aromatic heterocycles. The van der Waals surface area contributed by atoms with Crippen molar-refractivity contribution in [2.45, 2.75) is 19.4 Å². The number of nitrogens with one attached hydrogen (secondary N) is 1. The molecule has 32 heavy (non-hydrogen) atoms. The van der Waals surface area contributed by atoms with Crippen molar-refractivity contribution < 1.29 is 19.1 Å². The molecule has 4 aromatic rings. The van der Waals surface area contributed by atoms with Gasteiger partial charge in [0.15, 0.2) is 17.5 Å². The minimum absolute atomic E-state index is 0.190. The van der Waals surface area contributed by atoms with Gasteiger partial charge < -0.3 is 29.0 Å². The van der Waals surface area contributed by atoms with Crippen LogP contribution in [0.1, 0.15) is 25.2 Å². The quantitative estimate of drug-likeness (QED) is 0.442. The summed E-state index contributed by atoms with van der Waals surface area (Å²) in [5.74, 6) is 0.224. The van der Waals surface area contributed by atoms with Gasteiger partial charge in [0.05, 0.1) is 29.4 Å². The number of aromatic hydroxyl groups is 1. The van der Waals surface area contributed by atoms with E-state index >= 15 is 0 Å². The summed E-state index contributed by atoms with van der Waals surface area (Å²) in [5.41, 5.74) is 3.86. The maximum absolute atomic E-state index is 9.42. The second kappa shape index (κ2) is 8.68. The minimum atomic E-state index is -0.452. The number of rotatable bonds is 6. The van der Waals surface area contributed by atoms with Crippen molar-refractivity contribution >= 4 is 28.5 Å². The van der Waals surface area contributed by atoms with Gasteiger partial charge in [-0.1, -0.05) is 30.7 Å². The summed E-state index contributed by atoms with van der Waals surface area (Å²) in [4.78, 5) is 14.5. The van der Waals surface area contributed by atoms with E-state index in [2.05, 4.69) is 37.1 Å². The molecule has 1 aliphatic heterocycles. The molecule has 1 unspecified atom stereocenters. The third kappa shape index (κ3) is 4.09. The zero-order chi connectivity index (χ0) is 22.1. The fourth-order valence-corrected chi connectivity index (χ4v) is 3.97. The molecule has 9 nitrogen and oxygen atoms in total. The maximum Gasteiger partial charge on any atom is 0.296 e. The van der Waals surface area contributed by atoms with Crippen LogP contribution in [0, 0.1) is 0 Å². The number of aromatic amines is 1. The molecule has 1 aromatic carbocycles. The van der Waals surface area contributed by atoms with Crippen molar-refractivity contribution in [3.8, 4) is 23.1 Å². The summed E-state index contributed by atoms with van der Waals surface area (Å²) in [6.07, 6.45) is 0.146. The van der Waals surface area contributed by atoms with Gasteiger partial charge in [-0.15, -0.1) is 0 Å². The Kier molecular flexibility index (Phi) is 5.59. The van der Waals surface area contributed by atoms with Crippen LogP contribution < -0.4 is 9.64 Å². The van der Waals surface area contributed by atoms with E-state index in [0.29, 0.717) is 34.1 Å². The Morgan fingerprint density at radius 3 is 2.66 bits per heavy atom. The standard InChI is InChI=1S/C22H22ClN5O4/c1-2-17(18-12-19(29)27-32-18)31-22-24-16-11-15(23)20(25-21(16)26-22)13-3-5-14(6-4-13)28-7-9-30-10-8-28/h3-6,11-12,17H,2,7-10H2,1H3,(H,27,29)(H,24,25,26). The lowest BCUT2D eigenvalue weighted by Crippen LogP contribution is -2.36. The van der Waals surface area contributed by atoms with Gasteiger partial charge in [-0.25, -0.2) is 4.98 Å². The molecular formula is C22H22ClN5O4. The summed E-state index contributed by atoms with van der Waals surface area (Å²) in [5, 5.41) is 13.4. The molecule has 0 aliphatic carbocycles. The minimum Gasteiger partial charge on any atom is -0.491 e. The molecule has 0 radical (unpaired) electrons. The fourth-order valence-electron chi connectivity index (χ4n) is 3.71. The highest BCUT2D eigenvalue weighted by Crippen LogP contribution is 2.32. The summed E-state index contributed by atoms with van der Waals surface area (Å²) < 4.78 is 16.4. The van der Waals surface area contributed by atoms with Crippen molar-refractivity contribution in [1.29, 1.82) is 0 Å². The average molecular weight is 456 g/mol. The van der Waals surface area contributed by atoms with Crippen LogP contribution in [0.4, 0.5) is 5.69 Å². The van der Waals surface area contributed by atoms with Crippen molar-refractivity contribution in [3.63, 3.8) is 0 Å². The summed E-state index contributed by atoms with van der Waals surface area (Å²) >= 11 is 6.54. The first-order valence-electron chi connectivity index (χ1n) is 10.4. The van der Waals surface area contributed by atoms with Crippen LogP contribution in [0.3, 0.4) is 0 Å². The van der Waals surface area contributed by atoms with Crippen LogP contribution in [0.25, 0.3) is 22.4 Å². The Morgan fingerprint density at radius 2 is 1.97 bits per heavy atom. The number of hydrogen-bond acceptors (Lipinski definition) is 8. The van der Waals surface area contributed by atoms with Gasteiger partial charge in [0.25, 0.3) is 11.9 Å². The Labute approximate surface area is 188 Å². The molecular weight excluding hydrogens is 434 g/mol. The first-order chi connectivity index (χ1) is 15.6. The highest BCUT2D eigenvalue weighted by Gasteiger charge is 2.20. The second-order valence-corrected chi connectivity index (χ2v) is 7.89. The highest BCUT2D eigenvalue weighted by molar-refractivity contribution is 6.33. The Morgan fingerprint density at radius 1 is 1.19 bits per heavy atom. The van der Waals surface area contributed by atoms with Gasteiger partial charge in [-0.05, 0) is 29.8 Å². The lowest BCUT2D eigenvalue weighted by atomic mass is 10.1. The van der Waals surface area contributed by atoms with E-state index in [1.54, 1.807) is 6.07 Å². The molecule has 0 spiro atoms. The van der Waals surface area contributed by atoms with Crippen molar-refractivity contribution in [2.75, 3.05) is 31.2 Å². The second-order valence-electron chi connectivity index (χ2n) is 7.48. The number of anilines is 1. The zero-order valence-corrected chi connectivity index (χ0v) is 18.2. The third-order valence-electron chi connectivity index (χ3n) is 5.38. The van der Waals surface area contributed by atoms with Gasteiger partial charge >= 0.3 is 0 Å². The molecule has 1 atom stereocenters. The van der Waals surface area contributed by atoms with Gasteiger partial charge in [-0.3, -0.25) is 0 Å². The van der Waals surface area contributed by atoms with E-state index in [4.69, 9.17) is 25.6 Å². The van der Waals surface area contributed by atoms with E-state index in [1.807, 2.05) is 19.1 Å². The Bertz CT molecular complexity index is 1220. The summed E-state index contributed by atoms with van der Waals surface area (Å²) in [6.45, 7) is 5.18. The first kappa shape index (κ1) is 20.6. The number of aromatic nitrogens is 4. The number of fused-ring (bicyclic) bond motifs is 1. The number of pyridine rings is 1. The van der Waals surface area contributed by atoms with E-state index < -0.39 is 6.10 Å². The molecule has 1 fully saturated rings. The van der Waals surface area contributed by atoms with Crippen LogP contribution >= 0.6 is 11.6 Å². The van der Waals surface area contributed by atoms with Crippen molar-refractivity contribution in [1.82, 2.24) is 20.1 Å².